The minimum atomic E-state index is -0.361. The molecule has 0 spiro atoms. The summed E-state index contributed by atoms with van der Waals surface area (Å²) in [7, 11) is 3.34. The van der Waals surface area contributed by atoms with Gasteiger partial charge in [-0.15, -0.1) is 0 Å². The highest BCUT2D eigenvalue weighted by Gasteiger charge is 2.25. The average Bonchev–Trinajstić information content (AvgIpc) is 2.62. The lowest BCUT2D eigenvalue weighted by Crippen LogP contribution is -2.52. The Morgan fingerprint density at radius 3 is 2.50 bits per heavy atom. The molecule has 1 amide bonds. The summed E-state index contributed by atoms with van der Waals surface area (Å²) in [5.41, 5.74) is 7.05. The molecule has 2 N–H and O–H groups in total. The molecule has 2 rings (SSSR count). The lowest BCUT2D eigenvalue weighted by Gasteiger charge is -2.36. The molecule has 0 aromatic heterocycles. The van der Waals surface area contributed by atoms with Gasteiger partial charge in [-0.05, 0) is 24.6 Å². The summed E-state index contributed by atoms with van der Waals surface area (Å²) in [6.07, 6.45) is 1.68. The zero-order valence-corrected chi connectivity index (χ0v) is 15.0. The minimum Gasteiger partial charge on any atom is -0.497 e. The van der Waals surface area contributed by atoms with Crippen molar-refractivity contribution in [1.82, 2.24) is 9.80 Å². The van der Waals surface area contributed by atoms with Crippen LogP contribution in [0.1, 0.15) is 25.3 Å². The Balaban J connectivity index is 1.92. The molecule has 1 aliphatic heterocycles. The van der Waals surface area contributed by atoms with Gasteiger partial charge in [-0.2, -0.15) is 0 Å². The molecule has 0 bridgehead atoms. The Morgan fingerprint density at radius 2 is 1.92 bits per heavy atom. The predicted molar refractivity (Wildman–Crippen MR) is 94.3 cm³/mol. The Morgan fingerprint density at radius 1 is 1.21 bits per heavy atom. The highest BCUT2D eigenvalue weighted by Crippen LogP contribution is 2.25. The molecule has 0 saturated carbocycles. The third-order valence-corrected chi connectivity index (χ3v) is 4.48. The second-order valence-corrected chi connectivity index (χ2v) is 6.17. The van der Waals surface area contributed by atoms with Crippen molar-refractivity contribution in [1.29, 1.82) is 0 Å². The number of nitrogens with zero attached hydrogens (tertiary/aromatic N) is 2. The van der Waals surface area contributed by atoms with Gasteiger partial charge in [-0.3, -0.25) is 9.69 Å². The average molecular weight is 335 g/mol. The Labute approximate surface area is 144 Å². The first kappa shape index (κ1) is 18.5. The van der Waals surface area contributed by atoms with Crippen LogP contribution in [0.5, 0.6) is 11.5 Å². The van der Waals surface area contributed by atoms with Gasteiger partial charge < -0.3 is 20.1 Å². The van der Waals surface area contributed by atoms with E-state index < -0.39 is 0 Å². The van der Waals surface area contributed by atoms with Gasteiger partial charge >= 0.3 is 0 Å². The number of rotatable bonds is 7. The van der Waals surface area contributed by atoms with Gasteiger partial charge in [0.25, 0.3) is 0 Å². The fourth-order valence-corrected chi connectivity index (χ4v) is 3.04. The largest absolute Gasteiger partial charge is 0.497 e. The fraction of sp³-hybridized carbons (Fsp3) is 0.611. The van der Waals surface area contributed by atoms with Crippen LogP contribution in [0.3, 0.4) is 0 Å². The van der Waals surface area contributed by atoms with Gasteiger partial charge in [0, 0.05) is 38.3 Å². The van der Waals surface area contributed by atoms with Crippen LogP contribution in [0.4, 0.5) is 0 Å². The molecule has 6 nitrogen and oxygen atoms in total. The zero-order valence-electron chi connectivity index (χ0n) is 15.0. The third kappa shape index (κ3) is 4.61. The number of hydrogen-bond acceptors (Lipinski definition) is 5. The summed E-state index contributed by atoms with van der Waals surface area (Å²) in [5, 5.41) is 0. The number of benzene rings is 1. The number of carbonyl (C=O) groups excluding carboxylic acids is 1. The van der Waals surface area contributed by atoms with E-state index in [0.29, 0.717) is 0 Å². The number of methoxy groups -OCH3 is 2. The highest BCUT2D eigenvalue weighted by atomic mass is 16.5. The lowest BCUT2D eigenvalue weighted by molar-refractivity contribution is -0.134. The van der Waals surface area contributed by atoms with Crippen LogP contribution in [-0.4, -0.2) is 62.1 Å². The molecular weight excluding hydrogens is 306 g/mol. The first-order chi connectivity index (χ1) is 11.6. The molecule has 1 aromatic rings. The molecule has 1 heterocycles. The summed E-state index contributed by atoms with van der Waals surface area (Å²) < 4.78 is 10.7. The Bertz CT molecular complexity index is 542. The van der Waals surface area contributed by atoms with E-state index in [1.54, 1.807) is 14.2 Å². The van der Waals surface area contributed by atoms with Crippen LogP contribution in [0.2, 0.25) is 0 Å². The number of nitrogens with two attached hydrogens (primary N) is 1. The van der Waals surface area contributed by atoms with Crippen LogP contribution in [-0.2, 0) is 11.3 Å². The zero-order chi connectivity index (χ0) is 17.5. The Kier molecular flexibility index (Phi) is 6.87. The van der Waals surface area contributed by atoms with Gasteiger partial charge in [0.2, 0.25) is 5.91 Å². The van der Waals surface area contributed by atoms with Crippen molar-refractivity contribution in [2.45, 2.75) is 32.4 Å². The summed E-state index contributed by atoms with van der Waals surface area (Å²) in [6, 6.07) is 5.47. The van der Waals surface area contributed by atoms with E-state index in [1.807, 2.05) is 30.0 Å². The van der Waals surface area contributed by atoms with Crippen LogP contribution >= 0.6 is 0 Å². The molecule has 1 fully saturated rings. The van der Waals surface area contributed by atoms with E-state index in [1.165, 1.54) is 0 Å². The number of piperazine rings is 1. The molecule has 6 heteroatoms. The SMILES string of the molecule is CCCC(N)C(=O)N1CCN(Cc2cc(OC)ccc2OC)CC1. The topological polar surface area (TPSA) is 68.0 Å². The monoisotopic (exact) mass is 335 g/mol. The van der Waals surface area contributed by atoms with Crippen LogP contribution in [0.15, 0.2) is 18.2 Å². The van der Waals surface area contributed by atoms with E-state index in [0.717, 1.165) is 62.6 Å². The number of carbonyl (C=O) groups is 1. The summed E-state index contributed by atoms with van der Waals surface area (Å²) in [6.45, 7) is 5.96. The molecule has 1 saturated heterocycles. The van der Waals surface area contributed by atoms with E-state index in [2.05, 4.69) is 4.90 Å². The van der Waals surface area contributed by atoms with Crippen LogP contribution in [0.25, 0.3) is 0 Å². The number of ether oxygens (including phenoxy) is 2. The van der Waals surface area contributed by atoms with Gasteiger partial charge in [0.1, 0.15) is 11.5 Å². The van der Waals surface area contributed by atoms with E-state index in [4.69, 9.17) is 15.2 Å². The first-order valence-electron chi connectivity index (χ1n) is 8.56. The number of amides is 1. The third-order valence-electron chi connectivity index (χ3n) is 4.48. The van der Waals surface area contributed by atoms with Gasteiger partial charge in [0.15, 0.2) is 0 Å². The molecule has 24 heavy (non-hydrogen) atoms. The van der Waals surface area contributed by atoms with Crippen molar-refractivity contribution in [2.24, 2.45) is 5.73 Å². The molecular formula is C18H29N3O3. The quantitative estimate of drug-likeness (QED) is 0.817. The molecule has 1 unspecified atom stereocenters. The maximum absolute atomic E-state index is 12.3. The summed E-state index contributed by atoms with van der Waals surface area (Å²) in [4.78, 5) is 16.5. The standard InChI is InChI=1S/C18H29N3O3/c1-4-5-16(19)18(22)21-10-8-20(9-11-21)13-14-12-15(23-2)6-7-17(14)24-3/h6-7,12,16H,4-5,8-11,13,19H2,1-3H3. The lowest BCUT2D eigenvalue weighted by atomic mass is 10.1. The first-order valence-corrected chi connectivity index (χ1v) is 8.56. The van der Waals surface area contributed by atoms with Crippen molar-refractivity contribution in [2.75, 3.05) is 40.4 Å². The summed E-state index contributed by atoms with van der Waals surface area (Å²) >= 11 is 0. The fourth-order valence-electron chi connectivity index (χ4n) is 3.04. The second kappa shape index (κ2) is 8.89. The number of hydrogen-bond donors (Lipinski definition) is 1. The maximum atomic E-state index is 12.3. The molecule has 134 valence electrons. The molecule has 1 aromatic carbocycles. The second-order valence-electron chi connectivity index (χ2n) is 6.17. The molecule has 1 atom stereocenters. The van der Waals surface area contributed by atoms with Crippen molar-refractivity contribution in [3.8, 4) is 11.5 Å². The van der Waals surface area contributed by atoms with Gasteiger partial charge in [-0.25, -0.2) is 0 Å². The molecule has 1 aliphatic rings. The van der Waals surface area contributed by atoms with Crippen molar-refractivity contribution in [3.63, 3.8) is 0 Å². The van der Waals surface area contributed by atoms with Crippen molar-refractivity contribution >= 4 is 5.91 Å². The van der Waals surface area contributed by atoms with Crippen molar-refractivity contribution in [3.05, 3.63) is 23.8 Å². The molecule has 0 aliphatic carbocycles. The minimum absolute atomic E-state index is 0.0791. The van der Waals surface area contributed by atoms with E-state index in [9.17, 15) is 4.79 Å². The maximum Gasteiger partial charge on any atom is 0.239 e. The summed E-state index contributed by atoms with van der Waals surface area (Å²) in [5.74, 6) is 1.76. The molecule has 0 radical (unpaired) electrons. The van der Waals surface area contributed by atoms with Gasteiger partial charge in [-0.1, -0.05) is 13.3 Å². The highest BCUT2D eigenvalue weighted by molar-refractivity contribution is 5.81. The van der Waals surface area contributed by atoms with E-state index >= 15 is 0 Å². The smallest absolute Gasteiger partial charge is 0.239 e. The van der Waals surface area contributed by atoms with Crippen LogP contribution < -0.4 is 15.2 Å². The Hall–Kier alpha value is -1.79. The van der Waals surface area contributed by atoms with E-state index in [-0.39, 0.29) is 11.9 Å². The van der Waals surface area contributed by atoms with Crippen molar-refractivity contribution < 1.29 is 14.3 Å². The van der Waals surface area contributed by atoms with Crippen LogP contribution in [0, 0.1) is 0 Å². The normalized spacial score (nSPS) is 16.8. The predicted octanol–water partition coefficient (Wildman–Crippen LogP) is 1.48. The van der Waals surface area contributed by atoms with Gasteiger partial charge in [0.05, 0.1) is 20.3 Å².